The molecule has 2 rings (SSSR count). The number of carboxylic acids is 1. The molecule has 1 N–H and O–H groups in total. The Kier molecular flexibility index (Phi) is 4.23. The molecular formula is C16H20N2O2. The van der Waals surface area contributed by atoms with Gasteiger partial charge in [-0.05, 0) is 25.5 Å². The third-order valence-corrected chi connectivity index (χ3v) is 3.64. The topological polar surface area (TPSA) is 53.4 Å². The molecule has 106 valence electrons. The lowest BCUT2D eigenvalue weighted by molar-refractivity contribution is 0.0697. The van der Waals surface area contributed by atoms with Crippen molar-refractivity contribution in [3.63, 3.8) is 0 Å². The molecule has 4 heteroatoms. The lowest BCUT2D eigenvalue weighted by Crippen LogP contribution is -2.31. The van der Waals surface area contributed by atoms with E-state index in [9.17, 15) is 9.90 Å². The van der Waals surface area contributed by atoms with E-state index >= 15 is 0 Å². The maximum absolute atomic E-state index is 11.5. The number of aromatic carboxylic acids is 1. The van der Waals surface area contributed by atoms with Gasteiger partial charge in [0.25, 0.3) is 0 Å². The molecule has 1 heterocycles. The molecule has 1 aromatic heterocycles. The van der Waals surface area contributed by atoms with Crippen molar-refractivity contribution in [3.05, 3.63) is 35.9 Å². The molecule has 0 spiro atoms. The van der Waals surface area contributed by atoms with E-state index in [2.05, 4.69) is 18.8 Å². The lowest BCUT2D eigenvalue weighted by Gasteiger charge is -2.27. The third-order valence-electron chi connectivity index (χ3n) is 3.64. The Labute approximate surface area is 119 Å². The highest BCUT2D eigenvalue weighted by Crippen LogP contribution is 2.25. The van der Waals surface area contributed by atoms with Crippen LogP contribution in [0.15, 0.2) is 30.3 Å². The Morgan fingerprint density at radius 2 is 2.10 bits per heavy atom. The normalized spacial score (nSPS) is 12.3. The summed E-state index contributed by atoms with van der Waals surface area (Å²) in [6.45, 7) is 4.21. The molecule has 0 radical (unpaired) electrons. The average Bonchev–Trinajstić information content (AvgIpc) is 2.45. The zero-order valence-electron chi connectivity index (χ0n) is 12.1. The SMILES string of the molecule is CCCC(C)N(C)c1nc2ccccc2cc1C(=O)O. The van der Waals surface area contributed by atoms with E-state index in [4.69, 9.17) is 0 Å². The van der Waals surface area contributed by atoms with E-state index in [0.29, 0.717) is 5.82 Å². The van der Waals surface area contributed by atoms with Gasteiger partial charge in [0, 0.05) is 18.5 Å². The summed E-state index contributed by atoms with van der Waals surface area (Å²) in [4.78, 5) is 18.0. The van der Waals surface area contributed by atoms with Gasteiger partial charge < -0.3 is 10.0 Å². The first-order valence-corrected chi connectivity index (χ1v) is 6.90. The fraction of sp³-hybridized carbons (Fsp3) is 0.375. The molecule has 20 heavy (non-hydrogen) atoms. The number of benzene rings is 1. The maximum atomic E-state index is 11.5. The first kappa shape index (κ1) is 14.3. The Morgan fingerprint density at radius 3 is 2.75 bits per heavy atom. The summed E-state index contributed by atoms with van der Waals surface area (Å²) >= 11 is 0. The quantitative estimate of drug-likeness (QED) is 0.904. The molecular weight excluding hydrogens is 252 g/mol. The van der Waals surface area contributed by atoms with Gasteiger partial charge in [-0.25, -0.2) is 9.78 Å². The Balaban J connectivity index is 2.54. The lowest BCUT2D eigenvalue weighted by atomic mass is 10.1. The van der Waals surface area contributed by atoms with Crippen molar-refractivity contribution in [1.82, 2.24) is 4.98 Å². The molecule has 0 aliphatic carbocycles. The predicted octanol–water partition coefficient (Wildman–Crippen LogP) is 3.56. The largest absolute Gasteiger partial charge is 0.478 e. The Morgan fingerprint density at radius 1 is 1.40 bits per heavy atom. The van der Waals surface area contributed by atoms with Gasteiger partial charge in [-0.15, -0.1) is 0 Å². The van der Waals surface area contributed by atoms with Gasteiger partial charge in [-0.1, -0.05) is 31.5 Å². The highest BCUT2D eigenvalue weighted by atomic mass is 16.4. The molecule has 0 aliphatic heterocycles. The minimum Gasteiger partial charge on any atom is -0.478 e. The van der Waals surface area contributed by atoms with Crippen LogP contribution in [0.2, 0.25) is 0 Å². The molecule has 1 atom stereocenters. The van der Waals surface area contributed by atoms with E-state index < -0.39 is 5.97 Å². The number of carboxylic acid groups (broad SMARTS) is 1. The van der Waals surface area contributed by atoms with Crippen LogP contribution in [-0.2, 0) is 0 Å². The second-order valence-electron chi connectivity index (χ2n) is 5.11. The van der Waals surface area contributed by atoms with Crippen LogP contribution in [0.5, 0.6) is 0 Å². The summed E-state index contributed by atoms with van der Waals surface area (Å²) in [6, 6.07) is 9.55. The smallest absolute Gasteiger partial charge is 0.339 e. The van der Waals surface area contributed by atoms with E-state index in [0.717, 1.165) is 23.7 Å². The number of anilines is 1. The number of aromatic nitrogens is 1. The Hall–Kier alpha value is -2.10. The van der Waals surface area contributed by atoms with Crippen molar-refractivity contribution in [2.45, 2.75) is 32.7 Å². The van der Waals surface area contributed by atoms with E-state index in [1.165, 1.54) is 0 Å². The molecule has 0 saturated heterocycles. The van der Waals surface area contributed by atoms with Crippen molar-refractivity contribution in [2.75, 3.05) is 11.9 Å². The van der Waals surface area contributed by atoms with Gasteiger partial charge >= 0.3 is 5.97 Å². The van der Waals surface area contributed by atoms with Crippen LogP contribution in [0.3, 0.4) is 0 Å². The van der Waals surface area contributed by atoms with Crippen LogP contribution in [0, 0.1) is 0 Å². The van der Waals surface area contributed by atoms with E-state index in [1.54, 1.807) is 6.07 Å². The van der Waals surface area contributed by atoms with Crippen molar-refractivity contribution in [3.8, 4) is 0 Å². The van der Waals surface area contributed by atoms with E-state index in [-0.39, 0.29) is 11.6 Å². The average molecular weight is 272 g/mol. The summed E-state index contributed by atoms with van der Waals surface area (Å²) in [6.07, 6.45) is 2.06. The molecule has 0 amide bonds. The molecule has 2 aromatic rings. The van der Waals surface area contributed by atoms with Crippen LogP contribution in [-0.4, -0.2) is 29.1 Å². The summed E-state index contributed by atoms with van der Waals surface area (Å²) in [5, 5.41) is 10.3. The predicted molar refractivity (Wildman–Crippen MR) is 81.5 cm³/mol. The standard InChI is InChI=1S/C16H20N2O2/c1-4-7-11(2)18(3)15-13(16(19)20)10-12-8-5-6-9-14(12)17-15/h5-6,8-11H,4,7H2,1-3H3,(H,19,20). The molecule has 0 fully saturated rings. The number of pyridine rings is 1. The van der Waals surface area contributed by atoms with Crippen LogP contribution in [0.1, 0.15) is 37.0 Å². The number of para-hydroxylation sites is 1. The maximum Gasteiger partial charge on any atom is 0.339 e. The van der Waals surface area contributed by atoms with Crippen molar-refractivity contribution >= 4 is 22.7 Å². The zero-order chi connectivity index (χ0) is 14.7. The number of fused-ring (bicyclic) bond motifs is 1. The van der Waals surface area contributed by atoms with Gasteiger partial charge in [0.05, 0.1) is 5.52 Å². The number of carbonyl (C=O) groups is 1. The van der Waals surface area contributed by atoms with Gasteiger partial charge in [-0.2, -0.15) is 0 Å². The highest BCUT2D eigenvalue weighted by molar-refractivity contribution is 5.98. The number of nitrogens with zero attached hydrogens (tertiary/aromatic N) is 2. The van der Waals surface area contributed by atoms with Crippen LogP contribution < -0.4 is 4.90 Å². The first-order valence-electron chi connectivity index (χ1n) is 6.90. The molecule has 0 aliphatic rings. The molecule has 1 unspecified atom stereocenters. The third kappa shape index (κ3) is 2.74. The number of rotatable bonds is 5. The molecule has 0 saturated carbocycles. The summed E-state index contributed by atoms with van der Waals surface area (Å²) in [5.41, 5.74) is 1.08. The van der Waals surface area contributed by atoms with Crippen LogP contribution >= 0.6 is 0 Å². The summed E-state index contributed by atoms with van der Waals surface area (Å²) in [5.74, 6) is -0.397. The molecule has 0 bridgehead atoms. The van der Waals surface area contributed by atoms with Gasteiger partial charge in [-0.3, -0.25) is 0 Å². The van der Waals surface area contributed by atoms with Crippen LogP contribution in [0.25, 0.3) is 10.9 Å². The summed E-state index contributed by atoms with van der Waals surface area (Å²) < 4.78 is 0. The van der Waals surface area contributed by atoms with Crippen molar-refractivity contribution < 1.29 is 9.90 Å². The highest BCUT2D eigenvalue weighted by Gasteiger charge is 2.19. The fourth-order valence-electron chi connectivity index (χ4n) is 2.35. The van der Waals surface area contributed by atoms with Gasteiger partial charge in [0.1, 0.15) is 11.4 Å². The fourth-order valence-corrected chi connectivity index (χ4v) is 2.35. The minimum absolute atomic E-state index is 0.256. The Bertz CT molecular complexity index is 625. The first-order chi connectivity index (χ1) is 9.54. The zero-order valence-corrected chi connectivity index (χ0v) is 12.1. The number of hydrogen-bond donors (Lipinski definition) is 1. The monoisotopic (exact) mass is 272 g/mol. The van der Waals surface area contributed by atoms with Crippen molar-refractivity contribution in [1.29, 1.82) is 0 Å². The molecule has 1 aromatic carbocycles. The minimum atomic E-state index is -0.936. The van der Waals surface area contributed by atoms with Gasteiger partial charge in [0.15, 0.2) is 0 Å². The second-order valence-corrected chi connectivity index (χ2v) is 5.11. The molecule has 4 nitrogen and oxygen atoms in total. The van der Waals surface area contributed by atoms with E-state index in [1.807, 2.05) is 36.2 Å². The summed E-state index contributed by atoms with van der Waals surface area (Å²) in [7, 11) is 1.91. The van der Waals surface area contributed by atoms with Crippen LogP contribution in [0.4, 0.5) is 5.82 Å². The van der Waals surface area contributed by atoms with Crippen molar-refractivity contribution in [2.24, 2.45) is 0 Å². The second kappa shape index (κ2) is 5.90. The van der Waals surface area contributed by atoms with Gasteiger partial charge in [0.2, 0.25) is 0 Å². The number of hydrogen-bond acceptors (Lipinski definition) is 3.